The molecule has 2 aromatic heterocycles. The summed E-state index contributed by atoms with van der Waals surface area (Å²) < 4.78 is 11.3. The third-order valence-electron chi connectivity index (χ3n) is 11.8. The zero-order valence-corrected chi connectivity index (χ0v) is 28.5. The van der Waals surface area contributed by atoms with Gasteiger partial charge in [0.25, 0.3) is 0 Å². The fraction of sp³-hybridized carbons (Fsp3) is 0.475. The van der Waals surface area contributed by atoms with Gasteiger partial charge in [-0.15, -0.1) is 0 Å². The maximum atomic E-state index is 13.3. The van der Waals surface area contributed by atoms with Crippen molar-refractivity contribution in [1.82, 2.24) is 9.97 Å². The van der Waals surface area contributed by atoms with Gasteiger partial charge in [-0.2, -0.15) is 0 Å². The van der Waals surface area contributed by atoms with Crippen molar-refractivity contribution >= 4 is 23.5 Å². The van der Waals surface area contributed by atoms with Crippen LogP contribution in [0.4, 0.5) is 0 Å². The lowest BCUT2D eigenvalue weighted by Crippen LogP contribution is -2.43. The van der Waals surface area contributed by atoms with Gasteiger partial charge < -0.3 is 24.5 Å². The van der Waals surface area contributed by atoms with Crippen LogP contribution in [-0.2, 0) is 16.0 Å². The number of carbonyl (C=O) groups is 2. The Labute approximate surface area is 282 Å². The molecule has 0 amide bonds. The predicted molar refractivity (Wildman–Crippen MR) is 186 cm³/mol. The lowest BCUT2D eigenvalue weighted by atomic mass is 9.55. The number of methoxy groups -OCH3 is 1. The van der Waals surface area contributed by atoms with Crippen LogP contribution in [-0.4, -0.2) is 45.8 Å². The number of allylic oxidation sites excluding steroid dienone is 1. The van der Waals surface area contributed by atoms with Crippen LogP contribution in [0.5, 0.6) is 5.75 Å². The van der Waals surface area contributed by atoms with Gasteiger partial charge in [-0.3, -0.25) is 9.59 Å². The number of H-pyrrole nitrogens is 2. The molecule has 0 bridgehead atoms. The van der Waals surface area contributed by atoms with E-state index in [1.807, 2.05) is 50.4 Å². The molecule has 3 aliphatic carbocycles. The molecule has 3 N–H and O–H groups in total. The number of rotatable bonds is 10. The van der Waals surface area contributed by atoms with Gasteiger partial charge in [0.2, 0.25) is 0 Å². The molecule has 8 nitrogen and oxygen atoms in total. The van der Waals surface area contributed by atoms with Crippen LogP contribution in [0.2, 0.25) is 0 Å². The number of aliphatic hydroxyl groups excluding tert-OH is 1. The monoisotopic (exact) mass is 649 g/mol. The molecule has 1 aromatic carbocycles. The molecule has 1 aliphatic heterocycles. The quantitative estimate of drug-likeness (QED) is 0.0894. The molecule has 3 aromatic rings. The van der Waals surface area contributed by atoms with E-state index >= 15 is 0 Å². The van der Waals surface area contributed by atoms with E-state index in [4.69, 9.17) is 14.5 Å². The Morgan fingerprint density at radius 2 is 1.94 bits per heavy atom. The number of unbranched alkanes of at least 4 members (excludes halogenated alkanes) is 1. The lowest BCUT2D eigenvalue weighted by Gasteiger charge is -2.50. The Hall–Kier alpha value is -4.17. The van der Waals surface area contributed by atoms with Crippen LogP contribution in [0.25, 0.3) is 6.08 Å². The highest BCUT2D eigenvalue weighted by molar-refractivity contribution is 6.11. The van der Waals surface area contributed by atoms with Crippen molar-refractivity contribution in [1.29, 1.82) is 0 Å². The molecule has 4 aliphatic rings. The number of nitrogens with one attached hydrogen (secondary N) is 2. The van der Waals surface area contributed by atoms with Crippen LogP contribution in [0.1, 0.15) is 115 Å². The van der Waals surface area contributed by atoms with Crippen LogP contribution < -0.4 is 4.74 Å². The highest BCUT2D eigenvalue weighted by Crippen LogP contribution is 2.61. The van der Waals surface area contributed by atoms with Crippen LogP contribution in [0.15, 0.2) is 59.1 Å². The van der Waals surface area contributed by atoms with Crippen LogP contribution in [0.3, 0.4) is 0 Å². The molecule has 5 atom stereocenters. The Morgan fingerprint density at radius 3 is 2.73 bits per heavy atom. The first-order valence-electron chi connectivity index (χ1n) is 17.6. The number of fused-ring (bicyclic) bond motifs is 5. The number of nitrogens with zero attached hydrogens (tertiary/aromatic N) is 1. The van der Waals surface area contributed by atoms with E-state index in [1.54, 1.807) is 7.11 Å². The van der Waals surface area contributed by atoms with Gasteiger partial charge in [-0.1, -0.05) is 13.0 Å². The number of Topliss-reactive ketones (excluding diaryl/α,β-unsaturated/α-hetero) is 1. The normalized spacial score (nSPS) is 26.8. The van der Waals surface area contributed by atoms with Crippen molar-refractivity contribution in [2.75, 3.05) is 7.11 Å². The maximum Gasteiger partial charge on any atom is 0.311 e. The zero-order valence-electron chi connectivity index (χ0n) is 28.5. The van der Waals surface area contributed by atoms with Crippen molar-refractivity contribution < 1.29 is 24.2 Å². The van der Waals surface area contributed by atoms with Gasteiger partial charge in [0.05, 0.1) is 24.6 Å². The number of aliphatic hydroxyl groups is 1. The summed E-state index contributed by atoms with van der Waals surface area (Å²) in [5, 5.41) is 10.7. The van der Waals surface area contributed by atoms with Crippen LogP contribution >= 0.6 is 0 Å². The highest BCUT2D eigenvalue weighted by atomic mass is 16.5. The van der Waals surface area contributed by atoms with Crippen molar-refractivity contribution in [3.05, 3.63) is 93.4 Å². The third-order valence-corrected chi connectivity index (χ3v) is 11.8. The second-order valence-electron chi connectivity index (χ2n) is 14.5. The van der Waals surface area contributed by atoms with Gasteiger partial charge >= 0.3 is 5.97 Å². The molecule has 3 heterocycles. The molecular weight excluding hydrogens is 602 g/mol. The molecule has 2 saturated carbocycles. The number of hydrogen-bond acceptors (Lipinski definition) is 6. The summed E-state index contributed by atoms with van der Waals surface area (Å²) in [6, 6.07) is 10.1. The minimum absolute atomic E-state index is 0.0619. The summed E-state index contributed by atoms with van der Waals surface area (Å²) in [5.74, 6) is 2.86. The van der Waals surface area contributed by atoms with Gasteiger partial charge in [0.15, 0.2) is 5.78 Å². The molecule has 7 rings (SSSR count). The number of ketones is 1. The van der Waals surface area contributed by atoms with Gasteiger partial charge in [-0.05, 0) is 135 Å². The van der Waals surface area contributed by atoms with E-state index in [9.17, 15) is 14.7 Å². The zero-order chi connectivity index (χ0) is 33.6. The van der Waals surface area contributed by atoms with Crippen molar-refractivity contribution in [3.63, 3.8) is 0 Å². The average Bonchev–Trinajstić information content (AvgIpc) is 3.86. The number of aromatic amines is 2. The molecule has 0 saturated heterocycles. The number of ether oxygens (including phenoxy) is 2. The maximum absolute atomic E-state index is 13.3. The molecule has 48 heavy (non-hydrogen) atoms. The first kappa shape index (κ1) is 32.4. The molecule has 2 unspecified atom stereocenters. The SMILES string of the molecule is COC1=CC(c2ccc[nH]2)=N/C1=C\c1[nH]c(C)c(C(=O)CCCCC(=O)Oc2ccc3c(c2)CCC2C3CC[C@]3(C)[C@@H](O)CC[C@@H]23)c1C. The van der Waals surface area contributed by atoms with E-state index in [0.29, 0.717) is 59.8 Å². The van der Waals surface area contributed by atoms with E-state index in [-0.39, 0.29) is 29.7 Å². The minimum Gasteiger partial charge on any atom is -0.494 e. The standard InChI is InChI=1S/C40H47N3O5/c1-23-32(21-34-36(47-4)22-33(43-34)31-8-7-19-41-31)42-24(2)39(23)35(44)9-5-6-10-38(46)48-26-12-14-27-25(20-26)11-13-29-28(27)17-18-40(3)30(29)15-16-37(40)45/h7-8,12,14,19-22,28-30,37,41-42,45H,5-6,9-11,13,15-18H2,1-4H3/b34-21-/t28?,29?,30-,37-,40-/m0/s1. The number of esters is 1. The second-order valence-corrected chi connectivity index (χ2v) is 14.5. The number of carbonyl (C=O) groups excluding carboxylic acids is 2. The van der Waals surface area contributed by atoms with E-state index < -0.39 is 0 Å². The van der Waals surface area contributed by atoms with E-state index in [2.05, 4.69) is 29.0 Å². The second kappa shape index (κ2) is 13.0. The molecule has 0 radical (unpaired) electrons. The summed E-state index contributed by atoms with van der Waals surface area (Å²) in [5.41, 5.74) is 8.41. The predicted octanol–water partition coefficient (Wildman–Crippen LogP) is 7.90. The number of hydrogen-bond donors (Lipinski definition) is 3. The molecule has 0 spiro atoms. The van der Waals surface area contributed by atoms with Crippen LogP contribution in [0, 0.1) is 31.1 Å². The summed E-state index contributed by atoms with van der Waals surface area (Å²) in [7, 11) is 1.62. The largest absolute Gasteiger partial charge is 0.494 e. The smallest absolute Gasteiger partial charge is 0.311 e. The molecular formula is C40H47N3O5. The first-order chi connectivity index (χ1) is 23.2. The fourth-order valence-electron chi connectivity index (χ4n) is 9.24. The summed E-state index contributed by atoms with van der Waals surface area (Å²) >= 11 is 0. The molecule has 2 fully saturated rings. The topological polar surface area (TPSA) is 117 Å². The van der Waals surface area contributed by atoms with Gasteiger partial charge in [-0.25, -0.2) is 4.99 Å². The Morgan fingerprint density at radius 1 is 1.10 bits per heavy atom. The lowest BCUT2D eigenvalue weighted by molar-refractivity contribution is -0.134. The van der Waals surface area contributed by atoms with Crippen molar-refractivity contribution in [2.45, 2.75) is 97.0 Å². The third kappa shape index (κ3) is 5.89. The van der Waals surface area contributed by atoms with E-state index in [1.165, 1.54) is 11.1 Å². The summed E-state index contributed by atoms with van der Waals surface area (Å²) in [4.78, 5) is 37.3. The average molecular weight is 650 g/mol. The minimum atomic E-state index is -0.259. The number of aliphatic imine (C=N–C) groups is 1. The van der Waals surface area contributed by atoms with E-state index in [0.717, 1.165) is 66.9 Å². The Balaban J connectivity index is 0.918. The molecule has 8 heteroatoms. The number of aryl methyl sites for hydroxylation is 2. The Bertz CT molecular complexity index is 1810. The Kier molecular flexibility index (Phi) is 8.79. The van der Waals surface area contributed by atoms with Gasteiger partial charge in [0, 0.05) is 42.1 Å². The highest BCUT2D eigenvalue weighted by Gasteiger charge is 2.54. The number of aromatic nitrogens is 2. The fourth-order valence-corrected chi connectivity index (χ4v) is 9.24. The van der Waals surface area contributed by atoms with Gasteiger partial charge in [0.1, 0.15) is 17.2 Å². The van der Waals surface area contributed by atoms with Crippen molar-refractivity contribution in [3.8, 4) is 5.75 Å². The first-order valence-corrected chi connectivity index (χ1v) is 17.6. The van der Waals surface area contributed by atoms with Crippen molar-refractivity contribution in [2.24, 2.45) is 22.2 Å². The summed E-state index contributed by atoms with van der Waals surface area (Å²) in [6.07, 6.45) is 13.8. The molecule has 252 valence electrons. The summed E-state index contributed by atoms with van der Waals surface area (Å²) in [6.45, 7) is 6.17. The number of benzene rings is 1.